The molecule has 1 saturated heterocycles. The van der Waals surface area contributed by atoms with Crippen LogP contribution in [0.4, 0.5) is 5.69 Å². The van der Waals surface area contributed by atoms with Crippen molar-refractivity contribution in [2.75, 3.05) is 31.6 Å². The Kier molecular flexibility index (Phi) is 10.7. The minimum atomic E-state index is -4.15. The number of piperazine rings is 1. The molecule has 1 atom stereocenters. The van der Waals surface area contributed by atoms with Crippen molar-refractivity contribution in [3.63, 3.8) is 0 Å². The van der Waals surface area contributed by atoms with E-state index in [0.29, 0.717) is 22.0 Å². The summed E-state index contributed by atoms with van der Waals surface area (Å²) >= 11 is 5.93. The van der Waals surface area contributed by atoms with Crippen LogP contribution in [0.1, 0.15) is 5.56 Å². The van der Waals surface area contributed by atoms with Gasteiger partial charge in [-0.15, -0.1) is 0 Å². The first kappa shape index (κ1) is 33.8. The van der Waals surface area contributed by atoms with Gasteiger partial charge in [0.2, 0.25) is 20.0 Å². The smallest absolute Gasteiger partial charge is 0.262 e. The molecule has 0 bridgehead atoms. The normalized spacial score (nSPS) is 16.1. The Bertz CT molecular complexity index is 1960. The largest absolute Gasteiger partial charge is 0.484 e. The summed E-state index contributed by atoms with van der Waals surface area (Å²) in [5.74, 6) is -0.766. The molecule has 0 radical (unpaired) electrons. The lowest BCUT2D eigenvalue weighted by atomic mass is 10.2. The van der Waals surface area contributed by atoms with Crippen molar-refractivity contribution in [2.24, 2.45) is 5.10 Å². The van der Waals surface area contributed by atoms with Crippen LogP contribution in [-0.2, 0) is 29.6 Å². The zero-order valence-electron chi connectivity index (χ0n) is 24.8. The summed E-state index contributed by atoms with van der Waals surface area (Å²) in [5, 5.41) is 7.15. The fourth-order valence-corrected chi connectivity index (χ4v) is 7.98. The van der Waals surface area contributed by atoms with E-state index >= 15 is 0 Å². The van der Waals surface area contributed by atoms with Crippen LogP contribution in [0.15, 0.2) is 124 Å². The lowest BCUT2D eigenvalue weighted by Crippen LogP contribution is -2.60. The topological polar surface area (TPSA) is 155 Å². The summed E-state index contributed by atoms with van der Waals surface area (Å²) in [7, 11) is -8.16. The van der Waals surface area contributed by atoms with Gasteiger partial charge in [-0.25, -0.2) is 22.3 Å². The number of rotatable bonds is 11. The zero-order chi connectivity index (χ0) is 33.4. The molecule has 0 aliphatic carbocycles. The quantitative estimate of drug-likeness (QED) is 0.180. The molecule has 2 amide bonds. The summed E-state index contributed by atoms with van der Waals surface area (Å²) in [6.45, 7) is -1.05. The second-order valence-electron chi connectivity index (χ2n) is 10.3. The van der Waals surface area contributed by atoms with E-state index in [1.165, 1.54) is 30.5 Å². The van der Waals surface area contributed by atoms with Gasteiger partial charge in [-0.3, -0.25) is 9.59 Å². The Labute approximate surface area is 277 Å². The Hall–Kier alpha value is -4.60. The summed E-state index contributed by atoms with van der Waals surface area (Å²) in [6, 6.07) is 27.2. The van der Waals surface area contributed by atoms with Crippen molar-refractivity contribution < 1.29 is 31.2 Å². The highest BCUT2D eigenvalue weighted by Gasteiger charge is 2.43. The van der Waals surface area contributed by atoms with Crippen LogP contribution in [0.2, 0.25) is 5.02 Å². The number of benzene rings is 4. The molecule has 2 N–H and O–H groups in total. The van der Waals surface area contributed by atoms with Crippen LogP contribution >= 0.6 is 11.6 Å². The molecule has 1 aliphatic rings. The molecule has 0 unspecified atom stereocenters. The number of ether oxygens (including phenoxy) is 1. The van der Waals surface area contributed by atoms with Crippen LogP contribution in [0, 0.1) is 0 Å². The maximum Gasteiger partial charge on any atom is 0.262 e. The monoisotopic (exact) mass is 695 g/mol. The van der Waals surface area contributed by atoms with E-state index in [1.54, 1.807) is 84.9 Å². The van der Waals surface area contributed by atoms with Gasteiger partial charge in [0.25, 0.3) is 11.8 Å². The molecule has 15 heteroatoms. The third-order valence-electron chi connectivity index (χ3n) is 7.07. The van der Waals surface area contributed by atoms with E-state index in [1.807, 2.05) is 0 Å². The second-order valence-corrected chi connectivity index (χ2v) is 14.5. The lowest BCUT2D eigenvalue weighted by molar-refractivity contribution is -0.125. The molecule has 5 rings (SSSR count). The van der Waals surface area contributed by atoms with Crippen molar-refractivity contribution in [3.05, 3.63) is 120 Å². The molecule has 47 heavy (non-hydrogen) atoms. The fourth-order valence-electron chi connectivity index (χ4n) is 4.74. The van der Waals surface area contributed by atoms with Gasteiger partial charge in [0.05, 0.1) is 16.0 Å². The number of carbonyl (C=O) groups is 2. The standard InChI is InChI=1S/C32H30ClN5O7S2/c33-25-8-7-9-26(20-25)35-31(39)23-45-27-16-14-24(15-17-27)21-34-36-32(40)30-22-37(46(41,42)28-10-3-1-4-11-28)18-19-38(30)47(43,44)29-12-5-2-6-13-29/h1-17,20-21,30H,18-19,22-23H2,(H,35,39)(H,36,40)/b34-21-/t30-/m1/s1. The SMILES string of the molecule is O=C(COc1ccc(/C=N\NC(=O)[C@H]2CN(S(=O)(=O)c3ccccc3)CCN2S(=O)(=O)c2ccccc2)cc1)Nc1cccc(Cl)c1. The lowest BCUT2D eigenvalue weighted by Gasteiger charge is -2.38. The molecule has 4 aromatic rings. The van der Waals surface area contributed by atoms with Crippen LogP contribution in [-0.4, -0.2) is 75.8 Å². The summed E-state index contributed by atoms with van der Waals surface area (Å²) in [6.07, 6.45) is 1.34. The van der Waals surface area contributed by atoms with Crippen LogP contribution in [0.5, 0.6) is 5.75 Å². The number of nitrogens with zero attached hydrogens (tertiary/aromatic N) is 3. The van der Waals surface area contributed by atoms with E-state index in [9.17, 15) is 26.4 Å². The maximum absolute atomic E-state index is 13.6. The number of hydrogen-bond acceptors (Lipinski definition) is 8. The maximum atomic E-state index is 13.6. The summed E-state index contributed by atoms with van der Waals surface area (Å²) in [4.78, 5) is 25.6. The number of anilines is 1. The minimum Gasteiger partial charge on any atom is -0.484 e. The van der Waals surface area contributed by atoms with Crippen molar-refractivity contribution in [1.82, 2.24) is 14.0 Å². The number of sulfonamides is 2. The number of hydrazone groups is 1. The molecule has 1 fully saturated rings. The number of nitrogens with one attached hydrogen (secondary N) is 2. The Morgan fingerprint density at radius 3 is 2.11 bits per heavy atom. The minimum absolute atomic E-state index is 0.0232. The summed E-state index contributed by atoms with van der Waals surface area (Å²) < 4.78 is 61.4. The molecule has 244 valence electrons. The highest BCUT2D eigenvalue weighted by molar-refractivity contribution is 7.89. The molecule has 12 nitrogen and oxygen atoms in total. The van der Waals surface area contributed by atoms with Crippen LogP contribution < -0.4 is 15.5 Å². The number of amides is 2. The fraction of sp³-hybridized carbons (Fsp3) is 0.156. The number of halogens is 1. The molecule has 0 aromatic heterocycles. The van der Waals surface area contributed by atoms with E-state index in [0.717, 1.165) is 8.61 Å². The predicted molar refractivity (Wildman–Crippen MR) is 177 cm³/mol. The van der Waals surface area contributed by atoms with Gasteiger partial charge in [-0.1, -0.05) is 54.1 Å². The van der Waals surface area contributed by atoms with Gasteiger partial charge in [0.1, 0.15) is 11.8 Å². The van der Waals surface area contributed by atoms with Gasteiger partial charge in [0.15, 0.2) is 6.61 Å². The third-order valence-corrected chi connectivity index (χ3v) is 11.1. The zero-order valence-corrected chi connectivity index (χ0v) is 27.2. The Balaban J connectivity index is 1.25. The molecular formula is C32H30ClN5O7S2. The Morgan fingerprint density at radius 1 is 0.830 bits per heavy atom. The van der Waals surface area contributed by atoms with Gasteiger partial charge in [-0.2, -0.15) is 13.7 Å². The highest BCUT2D eigenvalue weighted by atomic mass is 35.5. The predicted octanol–water partition coefficient (Wildman–Crippen LogP) is 3.57. The molecular weight excluding hydrogens is 666 g/mol. The van der Waals surface area contributed by atoms with Gasteiger partial charge in [0, 0.05) is 30.3 Å². The molecule has 0 saturated carbocycles. The molecule has 0 spiro atoms. The van der Waals surface area contributed by atoms with Gasteiger partial charge < -0.3 is 10.1 Å². The second kappa shape index (κ2) is 14.9. The van der Waals surface area contributed by atoms with E-state index in [-0.39, 0.29) is 35.4 Å². The van der Waals surface area contributed by atoms with Gasteiger partial charge in [-0.05, 0) is 72.3 Å². The first-order valence-electron chi connectivity index (χ1n) is 14.3. The van der Waals surface area contributed by atoms with Gasteiger partial charge >= 0.3 is 0 Å². The summed E-state index contributed by atoms with van der Waals surface area (Å²) in [5.41, 5.74) is 3.46. The van der Waals surface area contributed by atoms with Crippen LogP contribution in [0.3, 0.4) is 0 Å². The highest BCUT2D eigenvalue weighted by Crippen LogP contribution is 2.25. The van der Waals surface area contributed by atoms with Crippen LogP contribution in [0.25, 0.3) is 0 Å². The number of carbonyl (C=O) groups excluding carboxylic acids is 2. The van der Waals surface area contributed by atoms with E-state index in [2.05, 4.69) is 15.8 Å². The van der Waals surface area contributed by atoms with Crippen molar-refractivity contribution in [1.29, 1.82) is 0 Å². The average Bonchev–Trinajstić information content (AvgIpc) is 3.08. The Morgan fingerprint density at radius 2 is 1.47 bits per heavy atom. The van der Waals surface area contributed by atoms with E-state index in [4.69, 9.17) is 16.3 Å². The first-order valence-corrected chi connectivity index (χ1v) is 17.5. The van der Waals surface area contributed by atoms with Crippen molar-refractivity contribution in [2.45, 2.75) is 15.8 Å². The average molecular weight is 696 g/mol. The number of hydrogen-bond donors (Lipinski definition) is 2. The van der Waals surface area contributed by atoms with Crippen molar-refractivity contribution in [3.8, 4) is 5.75 Å². The molecule has 1 heterocycles. The third kappa shape index (κ3) is 8.41. The first-order chi connectivity index (χ1) is 22.5. The molecule has 4 aromatic carbocycles. The van der Waals surface area contributed by atoms with Crippen molar-refractivity contribution >= 4 is 55.4 Å². The molecule has 1 aliphatic heterocycles. The van der Waals surface area contributed by atoms with E-state index < -0.39 is 38.5 Å².